The largest absolute Gasteiger partial charge is 0.484 e. The van der Waals surface area contributed by atoms with Crippen LogP contribution < -0.4 is 15.4 Å². The van der Waals surface area contributed by atoms with Gasteiger partial charge in [-0.15, -0.1) is 0 Å². The molecule has 0 spiro atoms. The monoisotopic (exact) mass is 411 g/mol. The molecular weight excluding hydrogens is 395 g/mol. The van der Waals surface area contributed by atoms with Gasteiger partial charge in [0.05, 0.1) is 4.92 Å². The Morgan fingerprint density at radius 3 is 2.31 bits per heavy atom. The molecule has 154 valence electrons. The Kier molecular flexibility index (Phi) is 6.75. The topological polar surface area (TPSA) is 111 Å². The molecule has 0 fully saturated rings. The molecular formula is C18H16F3N3O5. The van der Waals surface area contributed by atoms with Gasteiger partial charge < -0.3 is 15.4 Å². The summed E-state index contributed by atoms with van der Waals surface area (Å²) in [6.45, 7) is -1.61. The van der Waals surface area contributed by atoms with Crippen LogP contribution in [-0.4, -0.2) is 36.6 Å². The number of benzene rings is 2. The first-order valence-corrected chi connectivity index (χ1v) is 8.18. The molecule has 0 atom stereocenters. The van der Waals surface area contributed by atoms with Gasteiger partial charge in [-0.2, -0.15) is 13.2 Å². The quantitative estimate of drug-likeness (QED) is 0.538. The molecule has 0 saturated carbocycles. The lowest BCUT2D eigenvalue weighted by molar-refractivity contribution is -0.385. The van der Waals surface area contributed by atoms with E-state index in [1.807, 2.05) is 0 Å². The maximum Gasteiger partial charge on any atom is 0.422 e. The van der Waals surface area contributed by atoms with Gasteiger partial charge in [0.15, 0.2) is 6.61 Å². The van der Waals surface area contributed by atoms with Crippen LogP contribution in [0.4, 0.5) is 18.9 Å². The molecule has 0 unspecified atom stereocenters. The van der Waals surface area contributed by atoms with Crippen LogP contribution in [0, 0.1) is 10.1 Å². The number of nitro groups is 1. The van der Waals surface area contributed by atoms with Crippen molar-refractivity contribution in [2.75, 3.05) is 13.7 Å². The second kappa shape index (κ2) is 9.04. The lowest BCUT2D eigenvalue weighted by Crippen LogP contribution is -2.24. The zero-order valence-electron chi connectivity index (χ0n) is 15.1. The number of rotatable bonds is 7. The Balaban J connectivity index is 2.13. The normalized spacial score (nSPS) is 10.9. The highest BCUT2D eigenvalue weighted by molar-refractivity contribution is 5.98. The number of nitrogens with zero attached hydrogens (tertiary/aromatic N) is 1. The van der Waals surface area contributed by atoms with Gasteiger partial charge in [-0.3, -0.25) is 19.7 Å². The van der Waals surface area contributed by atoms with Crippen LogP contribution in [0.3, 0.4) is 0 Å². The van der Waals surface area contributed by atoms with Crippen LogP contribution in [-0.2, 0) is 6.54 Å². The number of nitrogens with one attached hydrogen (secondary N) is 2. The third-order valence-electron chi connectivity index (χ3n) is 3.71. The van der Waals surface area contributed by atoms with Crippen molar-refractivity contribution in [1.29, 1.82) is 0 Å². The van der Waals surface area contributed by atoms with E-state index in [1.54, 1.807) is 12.1 Å². The molecule has 2 N–H and O–H groups in total. The van der Waals surface area contributed by atoms with Crippen LogP contribution in [0.15, 0.2) is 42.5 Å². The van der Waals surface area contributed by atoms with Crippen molar-refractivity contribution < 1.29 is 32.4 Å². The Labute approximate surface area is 162 Å². The fourth-order valence-corrected chi connectivity index (χ4v) is 2.31. The number of nitro benzene ring substituents is 1. The number of carbonyl (C=O) groups excluding carboxylic acids is 2. The predicted molar refractivity (Wildman–Crippen MR) is 95.6 cm³/mol. The van der Waals surface area contributed by atoms with Gasteiger partial charge >= 0.3 is 6.18 Å². The highest BCUT2D eigenvalue weighted by Crippen LogP contribution is 2.26. The van der Waals surface area contributed by atoms with Crippen molar-refractivity contribution in [2.24, 2.45) is 0 Å². The molecule has 0 bridgehead atoms. The minimum Gasteiger partial charge on any atom is -0.484 e. The van der Waals surface area contributed by atoms with E-state index in [-0.39, 0.29) is 18.2 Å². The maximum absolute atomic E-state index is 12.4. The second-order valence-corrected chi connectivity index (χ2v) is 5.80. The average Bonchev–Trinajstić information content (AvgIpc) is 2.69. The standard InChI is InChI=1S/C18H16F3N3O5/c1-22-16(25)12-4-2-11(3-5-12)9-23-17(26)14-8-13(29-10-18(19,20)21)6-7-15(14)24(27)28/h2-8H,9-10H2,1H3,(H,22,25)(H,23,26). The highest BCUT2D eigenvalue weighted by Gasteiger charge is 2.29. The zero-order valence-corrected chi connectivity index (χ0v) is 15.1. The Morgan fingerprint density at radius 2 is 1.76 bits per heavy atom. The smallest absolute Gasteiger partial charge is 0.422 e. The van der Waals surface area contributed by atoms with Gasteiger partial charge in [-0.25, -0.2) is 0 Å². The molecule has 8 nitrogen and oxygen atoms in total. The van der Waals surface area contributed by atoms with E-state index in [0.29, 0.717) is 11.1 Å². The third kappa shape index (κ3) is 6.19. The molecule has 0 heterocycles. The summed E-state index contributed by atoms with van der Waals surface area (Å²) in [4.78, 5) is 34.2. The summed E-state index contributed by atoms with van der Waals surface area (Å²) in [6, 6.07) is 9.01. The van der Waals surface area contributed by atoms with Crippen LogP contribution in [0.25, 0.3) is 0 Å². The van der Waals surface area contributed by atoms with E-state index >= 15 is 0 Å². The van der Waals surface area contributed by atoms with E-state index in [9.17, 15) is 32.9 Å². The van der Waals surface area contributed by atoms with Gasteiger partial charge in [0.2, 0.25) is 0 Å². The average molecular weight is 411 g/mol. The molecule has 0 radical (unpaired) electrons. The molecule has 0 aliphatic carbocycles. The summed E-state index contributed by atoms with van der Waals surface area (Å²) in [5.74, 6) is -1.47. The first-order valence-electron chi connectivity index (χ1n) is 8.18. The second-order valence-electron chi connectivity index (χ2n) is 5.80. The van der Waals surface area contributed by atoms with Gasteiger partial charge in [0, 0.05) is 25.2 Å². The molecule has 2 aromatic carbocycles. The summed E-state index contributed by atoms with van der Waals surface area (Å²) in [5.41, 5.74) is 0.0133. The van der Waals surface area contributed by atoms with Crippen molar-refractivity contribution in [1.82, 2.24) is 10.6 Å². The molecule has 2 aromatic rings. The van der Waals surface area contributed by atoms with Crippen LogP contribution in [0.1, 0.15) is 26.3 Å². The fraction of sp³-hybridized carbons (Fsp3) is 0.222. The van der Waals surface area contributed by atoms with E-state index in [2.05, 4.69) is 15.4 Å². The van der Waals surface area contributed by atoms with Crippen LogP contribution in [0.5, 0.6) is 5.75 Å². The number of hydrogen-bond acceptors (Lipinski definition) is 5. The summed E-state index contributed by atoms with van der Waals surface area (Å²) < 4.78 is 41.4. The van der Waals surface area contributed by atoms with Crippen molar-refractivity contribution in [3.8, 4) is 5.75 Å². The summed E-state index contributed by atoms with van der Waals surface area (Å²) in [7, 11) is 1.48. The van der Waals surface area contributed by atoms with Gasteiger partial charge in [-0.1, -0.05) is 12.1 Å². The van der Waals surface area contributed by atoms with Crippen molar-refractivity contribution in [3.05, 3.63) is 69.3 Å². The van der Waals surface area contributed by atoms with Gasteiger partial charge in [-0.05, 0) is 29.8 Å². The Hall–Kier alpha value is -3.63. The van der Waals surface area contributed by atoms with Crippen molar-refractivity contribution >= 4 is 17.5 Å². The van der Waals surface area contributed by atoms with Crippen LogP contribution in [0.2, 0.25) is 0 Å². The maximum atomic E-state index is 12.4. The lowest BCUT2D eigenvalue weighted by Gasteiger charge is -2.11. The van der Waals surface area contributed by atoms with E-state index < -0.39 is 34.9 Å². The highest BCUT2D eigenvalue weighted by atomic mass is 19.4. The van der Waals surface area contributed by atoms with Crippen molar-refractivity contribution in [3.63, 3.8) is 0 Å². The molecule has 0 aliphatic heterocycles. The Bertz CT molecular complexity index is 914. The number of halogens is 3. The van der Waals surface area contributed by atoms with E-state index in [4.69, 9.17) is 0 Å². The molecule has 0 aliphatic rings. The number of carbonyl (C=O) groups is 2. The predicted octanol–water partition coefficient (Wildman–Crippen LogP) is 2.83. The molecule has 0 aromatic heterocycles. The fourth-order valence-electron chi connectivity index (χ4n) is 2.31. The summed E-state index contributed by atoms with van der Waals surface area (Å²) in [6.07, 6.45) is -4.59. The Morgan fingerprint density at radius 1 is 1.10 bits per heavy atom. The van der Waals surface area contributed by atoms with Gasteiger partial charge in [0.25, 0.3) is 17.5 Å². The SMILES string of the molecule is CNC(=O)c1ccc(CNC(=O)c2cc(OCC(F)(F)F)ccc2[N+](=O)[O-])cc1. The van der Waals surface area contributed by atoms with Crippen molar-refractivity contribution in [2.45, 2.75) is 12.7 Å². The molecule has 0 saturated heterocycles. The molecule has 2 amide bonds. The first-order chi connectivity index (χ1) is 13.6. The molecule has 11 heteroatoms. The number of hydrogen-bond donors (Lipinski definition) is 2. The van der Waals surface area contributed by atoms with E-state index in [0.717, 1.165) is 18.2 Å². The summed E-state index contributed by atoms with van der Waals surface area (Å²) >= 11 is 0. The number of ether oxygens (including phenoxy) is 1. The number of alkyl halides is 3. The minimum absolute atomic E-state index is 0.0162. The first kappa shape index (κ1) is 21.7. The summed E-state index contributed by atoms with van der Waals surface area (Å²) in [5, 5.41) is 16.0. The van der Waals surface area contributed by atoms with Gasteiger partial charge in [0.1, 0.15) is 11.3 Å². The molecule has 29 heavy (non-hydrogen) atoms. The number of amides is 2. The lowest BCUT2D eigenvalue weighted by atomic mass is 10.1. The molecule has 2 rings (SSSR count). The minimum atomic E-state index is -4.59. The zero-order chi connectivity index (χ0) is 21.6. The van der Waals surface area contributed by atoms with Crippen LogP contribution >= 0.6 is 0 Å². The third-order valence-corrected chi connectivity index (χ3v) is 3.71. The van der Waals surface area contributed by atoms with E-state index in [1.165, 1.54) is 19.2 Å².